The van der Waals surface area contributed by atoms with E-state index in [-0.39, 0.29) is 37.7 Å². The van der Waals surface area contributed by atoms with Gasteiger partial charge in [0.25, 0.3) is 0 Å². The molecule has 1 aliphatic rings. The van der Waals surface area contributed by atoms with Crippen LogP contribution in [0.25, 0.3) is 0 Å². The highest BCUT2D eigenvalue weighted by atomic mass is 35.5. The molecule has 0 aliphatic heterocycles. The van der Waals surface area contributed by atoms with Crippen molar-refractivity contribution in [3.63, 3.8) is 0 Å². The standard InChI is InChI=1S/C10H19BO5.ClH/c12-7-8-3-1-2-4-10(8,9(13)14)5-6-11(15)16;/h8,12,15-16H,1-7H2,(H,13,14);1H. The highest BCUT2D eigenvalue weighted by Crippen LogP contribution is 2.45. The third-order valence-corrected chi connectivity index (χ3v) is 3.70. The third kappa shape index (κ3) is 3.84. The number of halogens is 1. The molecule has 4 N–H and O–H groups in total. The smallest absolute Gasteiger partial charge is 0.451 e. The molecular formula is C10H20BClO5. The maximum Gasteiger partial charge on any atom is 0.451 e. The summed E-state index contributed by atoms with van der Waals surface area (Å²) in [7, 11) is -1.47. The summed E-state index contributed by atoms with van der Waals surface area (Å²) in [6.07, 6.45) is 3.23. The summed E-state index contributed by atoms with van der Waals surface area (Å²) < 4.78 is 0. The van der Waals surface area contributed by atoms with Crippen molar-refractivity contribution in [2.45, 2.75) is 38.4 Å². The third-order valence-electron chi connectivity index (χ3n) is 3.70. The molecule has 2 unspecified atom stereocenters. The summed E-state index contributed by atoms with van der Waals surface area (Å²) >= 11 is 0. The van der Waals surface area contributed by atoms with Crippen molar-refractivity contribution in [2.24, 2.45) is 11.3 Å². The molecule has 100 valence electrons. The Balaban J connectivity index is 0.00000256. The number of aliphatic hydroxyl groups is 1. The van der Waals surface area contributed by atoms with Crippen LogP contribution in [-0.4, -0.2) is 40.0 Å². The largest absolute Gasteiger partial charge is 0.481 e. The Morgan fingerprint density at radius 2 is 2.00 bits per heavy atom. The molecule has 0 amide bonds. The first-order valence-corrected chi connectivity index (χ1v) is 5.73. The predicted octanol–water partition coefficient (Wildman–Crippen LogP) is 0.525. The van der Waals surface area contributed by atoms with Crippen LogP contribution in [0, 0.1) is 11.3 Å². The molecule has 0 heterocycles. The average Bonchev–Trinajstić information content (AvgIpc) is 2.26. The fourth-order valence-electron chi connectivity index (χ4n) is 2.68. The van der Waals surface area contributed by atoms with Crippen LogP contribution in [0.5, 0.6) is 0 Å². The maximum atomic E-state index is 11.4. The van der Waals surface area contributed by atoms with Crippen LogP contribution < -0.4 is 0 Å². The van der Waals surface area contributed by atoms with Crippen molar-refractivity contribution in [1.29, 1.82) is 0 Å². The minimum atomic E-state index is -1.47. The quantitative estimate of drug-likeness (QED) is 0.544. The maximum absolute atomic E-state index is 11.4. The van der Waals surface area contributed by atoms with E-state index in [4.69, 9.17) is 10.0 Å². The molecule has 2 atom stereocenters. The molecule has 17 heavy (non-hydrogen) atoms. The van der Waals surface area contributed by atoms with E-state index in [1.807, 2.05) is 0 Å². The van der Waals surface area contributed by atoms with Crippen LogP contribution in [0.3, 0.4) is 0 Å². The SMILES string of the molecule is Cl.O=C(O)C1(CCB(O)O)CCCCC1CO. The minimum absolute atomic E-state index is 0. The molecule has 0 aromatic rings. The number of carboxylic acids is 1. The zero-order valence-electron chi connectivity index (χ0n) is 9.71. The van der Waals surface area contributed by atoms with Crippen LogP contribution in [0.15, 0.2) is 0 Å². The van der Waals surface area contributed by atoms with Gasteiger partial charge in [0.05, 0.1) is 5.41 Å². The lowest BCUT2D eigenvalue weighted by atomic mass is 9.61. The number of hydrogen-bond donors (Lipinski definition) is 4. The van der Waals surface area contributed by atoms with Gasteiger partial charge in [0.15, 0.2) is 0 Å². The van der Waals surface area contributed by atoms with E-state index in [2.05, 4.69) is 0 Å². The van der Waals surface area contributed by atoms with Crippen molar-refractivity contribution in [3.05, 3.63) is 0 Å². The van der Waals surface area contributed by atoms with E-state index in [9.17, 15) is 15.0 Å². The first-order chi connectivity index (χ1) is 7.53. The molecule has 1 aliphatic carbocycles. The average molecular weight is 267 g/mol. The second kappa shape index (κ2) is 7.21. The van der Waals surface area contributed by atoms with Gasteiger partial charge in [-0.05, 0) is 31.5 Å². The van der Waals surface area contributed by atoms with E-state index < -0.39 is 18.5 Å². The molecule has 0 bridgehead atoms. The van der Waals surface area contributed by atoms with Gasteiger partial charge in [-0.1, -0.05) is 12.8 Å². The Hall–Kier alpha value is -0.295. The molecule has 0 radical (unpaired) electrons. The topological polar surface area (TPSA) is 98.0 Å². The molecule has 7 heteroatoms. The Bertz CT molecular complexity index is 251. The Kier molecular flexibility index (Phi) is 7.08. The van der Waals surface area contributed by atoms with Crippen molar-refractivity contribution in [1.82, 2.24) is 0 Å². The number of rotatable bonds is 5. The Labute approximate surface area is 107 Å². The molecule has 1 rings (SSSR count). The first kappa shape index (κ1) is 16.7. The van der Waals surface area contributed by atoms with Crippen LogP contribution in [-0.2, 0) is 4.79 Å². The second-order valence-corrected chi connectivity index (χ2v) is 4.61. The summed E-state index contributed by atoms with van der Waals surface area (Å²) in [4.78, 5) is 11.4. The molecule has 0 aromatic carbocycles. The van der Waals surface area contributed by atoms with Crippen LogP contribution in [0.2, 0.25) is 6.32 Å². The van der Waals surface area contributed by atoms with Gasteiger partial charge in [0, 0.05) is 6.61 Å². The van der Waals surface area contributed by atoms with E-state index in [1.165, 1.54) is 0 Å². The molecule has 0 aromatic heterocycles. The highest BCUT2D eigenvalue weighted by Gasteiger charge is 2.46. The summed E-state index contributed by atoms with van der Waals surface area (Å²) in [5.74, 6) is -1.19. The van der Waals surface area contributed by atoms with E-state index >= 15 is 0 Å². The molecule has 1 fully saturated rings. The number of aliphatic hydroxyl groups excluding tert-OH is 1. The summed E-state index contributed by atoms with van der Waals surface area (Å²) in [5.41, 5.74) is -0.975. The van der Waals surface area contributed by atoms with Gasteiger partial charge in [-0.15, -0.1) is 12.4 Å². The summed E-state index contributed by atoms with van der Waals surface area (Å²) in [6, 6.07) is 0. The first-order valence-electron chi connectivity index (χ1n) is 5.73. The normalized spacial score (nSPS) is 28.3. The van der Waals surface area contributed by atoms with Crippen molar-refractivity contribution >= 4 is 25.5 Å². The Morgan fingerprint density at radius 1 is 1.35 bits per heavy atom. The van der Waals surface area contributed by atoms with Gasteiger partial charge in [-0.3, -0.25) is 4.79 Å². The zero-order valence-corrected chi connectivity index (χ0v) is 10.5. The van der Waals surface area contributed by atoms with Gasteiger partial charge >= 0.3 is 13.1 Å². The van der Waals surface area contributed by atoms with E-state index in [0.717, 1.165) is 12.8 Å². The van der Waals surface area contributed by atoms with Crippen LogP contribution in [0.1, 0.15) is 32.1 Å². The number of hydrogen-bond acceptors (Lipinski definition) is 4. The Morgan fingerprint density at radius 3 is 2.47 bits per heavy atom. The van der Waals surface area contributed by atoms with Crippen molar-refractivity contribution in [2.75, 3.05) is 6.61 Å². The lowest BCUT2D eigenvalue weighted by Gasteiger charge is -2.40. The van der Waals surface area contributed by atoms with E-state index in [1.54, 1.807) is 0 Å². The molecule has 0 spiro atoms. The van der Waals surface area contributed by atoms with Crippen molar-refractivity contribution in [3.8, 4) is 0 Å². The lowest BCUT2D eigenvalue weighted by molar-refractivity contribution is -0.157. The van der Waals surface area contributed by atoms with Crippen molar-refractivity contribution < 1.29 is 25.1 Å². The monoisotopic (exact) mass is 266 g/mol. The van der Waals surface area contributed by atoms with E-state index in [0.29, 0.717) is 12.8 Å². The second-order valence-electron chi connectivity index (χ2n) is 4.61. The van der Waals surface area contributed by atoms with Gasteiger partial charge < -0.3 is 20.3 Å². The van der Waals surface area contributed by atoms with Gasteiger partial charge in [0.2, 0.25) is 0 Å². The van der Waals surface area contributed by atoms with Crippen LogP contribution in [0.4, 0.5) is 0 Å². The zero-order chi connectivity index (χ0) is 12.2. The van der Waals surface area contributed by atoms with Gasteiger partial charge in [0.1, 0.15) is 0 Å². The fourth-order valence-corrected chi connectivity index (χ4v) is 2.68. The van der Waals surface area contributed by atoms with Gasteiger partial charge in [-0.25, -0.2) is 0 Å². The number of carboxylic acid groups (broad SMARTS) is 1. The van der Waals surface area contributed by atoms with Gasteiger partial charge in [-0.2, -0.15) is 0 Å². The summed E-state index contributed by atoms with van der Waals surface area (Å²) in [5, 5.41) is 36.3. The fraction of sp³-hybridized carbons (Fsp3) is 0.900. The molecular weight excluding hydrogens is 246 g/mol. The predicted molar refractivity (Wildman–Crippen MR) is 66.0 cm³/mol. The lowest BCUT2D eigenvalue weighted by Crippen LogP contribution is -2.43. The van der Waals surface area contributed by atoms with Crippen LogP contribution >= 0.6 is 12.4 Å². The molecule has 0 saturated heterocycles. The summed E-state index contributed by atoms with van der Waals surface area (Å²) in [6.45, 7) is -0.145. The highest BCUT2D eigenvalue weighted by molar-refractivity contribution is 6.41. The minimum Gasteiger partial charge on any atom is -0.481 e. The number of carbonyl (C=O) groups is 1. The number of aliphatic carboxylic acids is 1. The molecule has 5 nitrogen and oxygen atoms in total. The molecule has 1 saturated carbocycles.